The lowest BCUT2D eigenvalue weighted by Gasteiger charge is -1.91. The fourth-order valence-corrected chi connectivity index (χ4v) is 0.721. The minimum absolute atomic E-state index is 0.631. The van der Waals surface area contributed by atoms with Crippen LogP contribution in [-0.4, -0.2) is 29.8 Å². The van der Waals surface area contributed by atoms with Crippen LogP contribution in [0.2, 0.25) is 0 Å². The van der Waals surface area contributed by atoms with Gasteiger partial charge in [-0.1, -0.05) is 0 Å². The van der Waals surface area contributed by atoms with Crippen LogP contribution < -0.4 is 5.32 Å². The van der Waals surface area contributed by atoms with Crippen molar-refractivity contribution in [2.24, 2.45) is 0 Å². The number of nitrogens with one attached hydrogen (secondary N) is 1. The molecule has 0 aromatic heterocycles. The molecule has 0 bridgehead atoms. The Balaban J connectivity index is 2.82. The van der Waals surface area contributed by atoms with Crippen molar-refractivity contribution in [3.05, 3.63) is 0 Å². The Labute approximate surface area is 52.5 Å². The van der Waals surface area contributed by atoms with Crippen LogP contribution in [0, 0.1) is 0 Å². The smallest absolute Gasteiger partial charge is 0.364 e. The molecule has 2 N–H and O–H groups in total. The highest BCUT2D eigenvalue weighted by Gasteiger charge is 1.93. The summed E-state index contributed by atoms with van der Waals surface area (Å²) in [5.74, 6) is 0.631. The summed E-state index contributed by atoms with van der Waals surface area (Å²) >= 11 is 0.910. The van der Waals surface area contributed by atoms with Crippen LogP contribution in [0.3, 0.4) is 0 Å². The maximum atomic E-state index is 9.81. The predicted octanol–water partition coefficient (Wildman–Crippen LogP) is 0.617. The van der Waals surface area contributed by atoms with Gasteiger partial charge in [-0.15, -0.1) is 0 Å². The highest BCUT2D eigenvalue weighted by molar-refractivity contribution is 8.13. The third-order valence-electron chi connectivity index (χ3n) is 0.578. The molecule has 0 aliphatic rings. The Morgan fingerprint density at radius 1 is 1.88 bits per heavy atom. The van der Waals surface area contributed by atoms with Gasteiger partial charge in [0, 0.05) is 12.3 Å². The largest absolute Gasteiger partial charge is 0.473 e. The number of hydrogen-bond donors (Lipinski definition) is 2. The minimum Gasteiger partial charge on any atom is -0.473 e. The first-order valence-electron chi connectivity index (χ1n) is 2.27. The lowest BCUT2D eigenvalue weighted by atomic mass is 10.8. The predicted molar refractivity (Wildman–Crippen MR) is 34.4 cm³/mol. The number of thioether (sulfide) groups is 1. The Bertz CT molecular complexity index is 76.4. The molecule has 0 spiro atoms. The Morgan fingerprint density at radius 3 is 2.88 bits per heavy atom. The zero-order valence-corrected chi connectivity index (χ0v) is 5.49. The second-order valence-electron chi connectivity index (χ2n) is 1.22. The van der Waals surface area contributed by atoms with Crippen LogP contribution in [0.5, 0.6) is 0 Å². The summed E-state index contributed by atoms with van der Waals surface area (Å²) in [7, 11) is 1.79. The number of rotatable bonds is 3. The Morgan fingerprint density at radius 2 is 2.50 bits per heavy atom. The maximum absolute atomic E-state index is 9.81. The van der Waals surface area contributed by atoms with Crippen molar-refractivity contribution in [2.75, 3.05) is 19.3 Å². The highest BCUT2D eigenvalue weighted by atomic mass is 32.2. The van der Waals surface area contributed by atoms with Crippen molar-refractivity contribution in [1.29, 1.82) is 0 Å². The summed E-state index contributed by atoms with van der Waals surface area (Å²) in [4.78, 5) is 9.81. The van der Waals surface area contributed by atoms with Crippen molar-refractivity contribution in [3.8, 4) is 0 Å². The molecule has 0 atom stereocenters. The molecule has 0 heterocycles. The zero-order valence-electron chi connectivity index (χ0n) is 4.68. The molecule has 3 nitrogen and oxygen atoms in total. The van der Waals surface area contributed by atoms with Crippen LogP contribution in [0.1, 0.15) is 0 Å². The number of hydrogen-bond acceptors (Lipinski definition) is 3. The van der Waals surface area contributed by atoms with Crippen LogP contribution in [0.4, 0.5) is 4.79 Å². The summed E-state index contributed by atoms with van der Waals surface area (Å²) in [6.45, 7) is 0.747. The molecule has 0 radical (unpaired) electrons. The van der Waals surface area contributed by atoms with E-state index >= 15 is 0 Å². The third-order valence-corrected chi connectivity index (χ3v) is 1.23. The van der Waals surface area contributed by atoms with Gasteiger partial charge < -0.3 is 10.4 Å². The van der Waals surface area contributed by atoms with Gasteiger partial charge in [0.15, 0.2) is 0 Å². The number of carboxylic acid groups (broad SMARTS) is 1. The molecule has 4 heteroatoms. The molecule has 0 aliphatic carbocycles. The summed E-state index contributed by atoms with van der Waals surface area (Å²) in [6, 6.07) is 0. The molecule has 8 heavy (non-hydrogen) atoms. The van der Waals surface area contributed by atoms with E-state index in [-0.39, 0.29) is 0 Å². The molecule has 0 saturated carbocycles. The summed E-state index contributed by atoms with van der Waals surface area (Å²) in [6.07, 6.45) is 0. The van der Waals surface area contributed by atoms with E-state index in [0.717, 1.165) is 18.3 Å². The fraction of sp³-hybridized carbons (Fsp3) is 0.750. The molecule has 0 aromatic rings. The van der Waals surface area contributed by atoms with E-state index < -0.39 is 5.30 Å². The molecule has 48 valence electrons. The van der Waals surface area contributed by atoms with E-state index in [2.05, 4.69) is 5.32 Å². The van der Waals surface area contributed by atoms with Gasteiger partial charge in [-0.2, -0.15) is 0 Å². The monoisotopic (exact) mass is 135 g/mol. The fourth-order valence-electron chi connectivity index (χ4n) is 0.240. The standard InChI is InChI=1S/C4H9NO2S/c1-5-2-3-8-4(6)7/h5H,2-3H2,1H3,(H,6,7). The van der Waals surface area contributed by atoms with Crippen molar-refractivity contribution in [3.63, 3.8) is 0 Å². The topological polar surface area (TPSA) is 49.3 Å². The molecule has 0 unspecified atom stereocenters. The third kappa shape index (κ3) is 5.78. The van der Waals surface area contributed by atoms with Crippen LogP contribution in [0.15, 0.2) is 0 Å². The SMILES string of the molecule is CNCCSC(=O)O. The first-order valence-corrected chi connectivity index (χ1v) is 3.26. The average Bonchev–Trinajstić information content (AvgIpc) is 1.66. The molecule has 0 aliphatic heterocycles. The molecular weight excluding hydrogens is 126 g/mol. The van der Waals surface area contributed by atoms with Crippen molar-refractivity contribution in [2.45, 2.75) is 0 Å². The van der Waals surface area contributed by atoms with Gasteiger partial charge >= 0.3 is 5.30 Å². The van der Waals surface area contributed by atoms with Gasteiger partial charge in [-0.25, -0.2) is 4.79 Å². The summed E-state index contributed by atoms with van der Waals surface area (Å²) < 4.78 is 0. The molecule has 0 fully saturated rings. The highest BCUT2D eigenvalue weighted by Crippen LogP contribution is 1.97. The second-order valence-corrected chi connectivity index (χ2v) is 2.26. The lowest BCUT2D eigenvalue weighted by molar-refractivity contribution is 0.222. The average molecular weight is 135 g/mol. The number of carbonyl (C=O) groups is 1. The van der Waals surface area contributed by atoms with E-state index in [1.54, 1.807) is 7.05 Å². The van der Waals surface area contributed by atoms with Gasteiger partial charge in [-0.05, 0) is 18.8 Å². The Kier molecular flexibility index (Phi) is 4.79. The van der Waals surface area contributed by atoms with Crippen LogP contribution in [0.25, 0.3) is 0 Å². The quantitative estimate of drug-likeness (QED) is 0.557. The Hall–Kier alpha value is -0.220. The van der Waals surface area contributed by atoms with Crippen LogP contribution in [-0.2, 0) is 0 Å². The molecule has 0 rings (SSSR count). The minimum atomic E-state index is -0.805. The van der Waals surface area contributed by atoms with Gasteiger partial charge in [0.2, 0.25) is 0 Å². The summed E-state index contributed by atoms with van der Waals surface area (Å²) in [5.41, 5.74) is 0. The van der Waals surface area contributed by atoms with E-state index in [4.69, 9.17) is 5.11 Å². The molecule has 0 saturated heterocycles. The first-order chi connectivity index (χ1) is 3.77. The van der Waals surface area contributed by atoms with Crippen molar-refractivity contribution >= 4 is 17.1 Å². The van der Waals surface area contributed by atoms with Crippen molar-refractivity contribution in [1.82, 2.24) is 5.32 Å². The van der Waals surface area contributed by atoms with Gasteiger partial charge in [0.25, 0.3) is 0 Å². The van der Waals surface area contributed by atoms with E-state index in [1.807, 2.05) is 0 Å². The lowest BCUT2D eigenvalue weighted by Crippen LogP contribution is -2.10. The second kappa shape index (κ2) is 4.93. The zero-order chi connectivity index (χ0) is 6.41. The maximum Gasteiger partial charge on any atom is 0.364 e. The molecule has 0 amide bonds. The van der Waals surface area contributed by atoms with Gasteiger partial charge in [0.1, 0.15) is 0 Å². The van der Waals surface area contributed by atoms with Gasteiger partial charge in [0.05, 0.1) is 0 Å². The van der Waals surface area contributed by atoms with E-state index in [0.29, 0.717) is 5.75 Å². The van der Waals surface area contributed by atoms with E-state index in [1.165, 1.54) is 0 Å². The summed E-state index contributed by atoms with van der Waals surface area (Å²) in [5, 5.41) is 10.1. The van der Waals surface area contributed by atoms with E-state index in [9.17, 15) is 4.79 Å². The molecule has 0 aromatic carbocycles. The normalized spacial score (nSPS) is 9.12. The first kappa shape index (κ1) is 7.78. The molecular formula is C4H9NO2S. The van der Waals surface area contributed by atoms with Gasteiger partial charge in [-0.3, -0.25) is 0 Å². The van der Waals surface area contributed by atoms with Crippen molar-refractivity contribution < 1.29 is 9.90 Å². The van der Waals surface area contributed by atoms with Crippen LogP contribution >= 0.6 is 11.8 Å².